The van der Waals surface area contributed by atoms with Gasteiger partial charge in [-0.3, -0.25) is 0 Å². The summed E-state index contributed by atoms with van der Waals surface area (Å²) in [6.45, 7) is 23.3. The van der Waals surface area contributed by atoms with Gasteiger partial charge < -0.3 is 14.6 Å². The van der Waals surface area contributed by atoms with Gasteiger partial charge in [-0.15, -0.1) is 0 Å². The van der Waals surface area contributed by atoms with Crippen LogP contribution in [0.3, 0.4) is 0 Å². The molecular formula is C36H74O3. The molecule has 0 radical (unpaired) electrons. The van der Waals surface area contributed by atoms with Crippen molar-refractivity contribution in [1.29, 1.82) is 0 Å². The van der Waals surface area contributed by atoms with E-state index in [-0.39, 0.29) is 6.10 Å². The molecule has 0 bridgehead atoms. The average molecular weight is 555 g/mol. The summed E-state index contributed by atoms with van der Waals surface area (Å²) in [5.41, 5.74) is 0. The van der Waals surface area contributed by atoms with Crippen LogP contribution < -0.4 is 0 Å². The molecule has 3 nitrogen and oxygen atoms in total. The highest BCUT2D eigenvalue weighted by Gasteiger charge is 2.19. The van der Waals surface area contributed by atoms with Crippen LogP contribution in [0.2, 0.25) is 0 Å². The zero-order chi connectivity index (χ0) is 29.5. The molecule has 0 aromatic rings. The maximum absolute atomic E-state index is 9.64. The molecule has 8 unspecified atom stereocenters. The summed E-state index contributed by atoms with van der Waals surface area (Å²) in [6.07, 6.45) is 20.5. The first kappa shape index (κ1) is 38.9. The van der Waals surface area contributed by atoms with Gasteiger partial charge in [0.05, 0.1) is 6.10 Å². The molecular weight excluding hydrogens is 480 g/mol. The van der Waals surface area contributed by atoms with Gasteiger partial charge in [-0.2, -0.15) is 0 Å². The molecule has 0 aliphatic heterocycles. The van der Waals surface area contributed by atoms with Gasteiger partial charge in [0.25, 0.3) is 0 Å². The monoisotopic (exact) mass is 555 g/mol. The van der Waals surface area contributed by atoms with E-state index in [1.54, 1.807) is 0 Å². The maximum atomic E-state index is 9.64. The summed E-state index contributed by atoms with van der Waals surface area (Å²) >= 11 is 0. The lowest BCUT2D eigenvalue weighted by Crippen LogP contribution is -2.15. The Balaban J connectivity index is 3.81. The lowest BCUT2D eigenvalue weighted by atomic mass is 9.80. The van der Waals surface area contributed by atoms with Crippen molar-refractivity contribution in [3.63, 3.8) is 0 Å². The Bertz CT molecular complexity index is 508. The largest absolute Gasteiger partial charge is 0.393 e. The molecule has 0 fully saturated rings. The summed E-state index contributed by atoms with van der Waals surface area (Å²) in [6, 6.07) is 0. The first-order valence-corrected chi connectivity index (χ1v) is 17.4. The molecule has 0 spiro atoms. The molecule has 236 valence electrons. The summed E-state index contributed by atoms with van der Waals surface area (Å²) in [7, 11) is 0. The number of ether oxygens (including phenoxy) is 2. The summed E-state index contributed by atoms with van der Waals surface area (Å²) in [5.74, 6) is 5.39. The van der Waals surface area contributed by atoms with Crippen molar-refractivity contribution >= 4 is 0 Å². The van der Waals surface area contributed by atoms with Crippen LogP contribution in [-0.2, 0) is 9.47 Å². The highest BCUT2D eigenvalue weighted by molar-refractivity contribution is 4.70. The van der Waals surface area contributed by atoms with E-state index < -0.39 is 0 Å². The Morgan fingerprint density at radius 1 is 0.436 bits per heavy atom. The van der Waals surface area contributed by atoms with E-state index >= 15 is 0 Å². The Hall–Kier alpha value is -0.120. The molecule has 3 heteroatoms. The molecule has 0 saturated heterocycles. The third-order valence-corrected chi connectivity index (χ3v) is 8.62. The van der Waals surface area contributed by atoms with Gasteiger partial charge >= 0.3 is 0 Å². The quantitative estimate of drug-likeness (QED) is 0.0772. The van der Waals surface area contributed by atoms with Crippen LogP contribution in [0.1, 0.15) is 165 Å². The Kier molecular flexibility index (Phi) is 25.5. The van der Waals surface area contributed by atoms with Crippen LogP contribution in [0, 0.1) is 41.4 Å². The van der Waals surface area contributed by atoms with Gasteiger partial charge in [-0.05, 0) is 113 Å². The van der Waals surface area contributed by atoms with Crippen molar-refractivity contribution in [2.75, 3.05) is 20.0 Å². The topological polar surface area (TPSA) is 38.7 Å². The van der Waals surface area contributed by atoms with Crippen molar-refractivity contribution < 1.29 is 14.6 Å². The second-order valence-corrected chi connectivity index (χ2v) is 14.4. The second-order valence-electron chi connectivity index (χ2n) is 14.4. The van der Waals surface area contributed by atoms with Crippen molar-refractivity contribution in [2.45, 2.75) is 171 Å². The van der Waals surface area contributed by atoms with Crippen LogP contribution in [0.4, 0.5) is 0 Å². The molecule has 1 N–H and O–H groups in total. The lowest BCUT2D eigenvalue weighted by molar-refractivity contribution is -0.0561. The number of aliphatic hydroxyl groups is 1. The Morgan fingerprint density at radius 3 is 1.23 bits per heavy atom. The van der Waals surface area contributed by atoms with Gasteiger partial charge in [-0.25, -0.2) is 0 Å². The van der Waals surface area contributed by atoms with E-state index in [9.17, 15) is 5.11 Å². The molecule has 8 atom stereocenters. The first-order valence-electron chi connectivity index (χ1n) is 17.4. The number of rotatable bonds is 28. The molecule has 39 heavy (non-hydrogen) atoms. The highest BCUT2D eigenvalue weighted by atomic mass is 16.7. The fourth-order valence-corrected chi connectivity index (χ4v) is 7.27. The SMILES string of the molecule is CCCCCCCCCOCOCCCC(C)CC(C)CC(C)CC(C)CC(C)CC(C)CC(C)CC(C)O. The Morgan fingerprint density at radius 2 is 0.795 bits per heavy atom. The fourth-order valence-electron chi connectivity index (χ4n) is 7.27. The molecule has 0 heterocycles. The zero-order valence-corrected chi connectivity index (χ0v) is 28.3. The summed E-state index contributed by atoms with van der Waals surface area (Å²) < 4.78 is 11.4. The van der Waals surface area contributed by atoms with Gasteiger partial charge in [0.15, 0.2) is 0 Å². The van der Waals surface area contributed by atoms with Gasteiger partial charge in [0.2, 0.25) is 0 Å². The number of hydrogen-bond donors (Lipinski definition) is 1. The van der Waals surface area contributed by atoms with Crippen molar-refractivity contribution in [2.24, 2.45) is 41.4 Å². The summed E-state index contributed by atoms with van der Waals surface area (Å²) in [5, 5.41) is 9.64. The maximum Gasteiger partial charge on any atom is 0.146 e. The molecule has 0 rings (SSSR count). The van der Waals surface area contributed by atoms with E-state index in [1.807, 2.05) is 6.92 Å². The molecule has 0 aliphatic rings. The van der Waals surface area contributed by atoms with E-state index in [2.05, 4.69) is 55.4 Å². The highest BCUT2D eigenvalue weighted by Crippen LogP contribution is 2.30. The molecule has 0 saturated carbocycles. The fraction of sp³-hybridized carbons (Fsp3) is 1.00. The summed E-state index contributed by atoms with van der Waals surface area (Å²) in [4.78, 5) is 0. The van der Waals surface area contributed by atoms with Crippen LogP contribution in [-0.4, -0.2) is 31.2 Å². The molecule has 0 aromatic carbocycles. The van der Waals surface area contributed by atoms with E-state index in [4.69, 9.17) is 9.47 Å². The smallest absolute Gasteiger partial charge is 0.146 e. The minimum Gasteiger partial charge on any atom is -0.393 e. The number of unbranched alkanes of at least 4 members (excludes halogenated alkanes) is 6. The average Bonchev–Trinajstić information content (AvgIpc) is 2.80. The molecule has 0 aliphatic carbocycles. The predicted octanol–water partition coefficient (Wildman–Crippen LogP) is 11.1. The van der Waals surface area contributed by atoms with Gasteiger partial charge in [-0.1, -0.05) is 93.9 Å². The second kappa shape index (κ2) is 25.6. The van der Waals surface area contributed by atoms with Gasteiger partial charge in [0, 0.05) is 13.2 Å². The lowest BCUT2D eigenvalue weighted by Gasteiger charge is -2.26. The normalized spacial score (nSPS) is 18.3. The standard InChI is InChI=1S/C36H74O3/c1-10-11-12-13-14-15-16-19-38-28-39-20-17-18-29(2)21-30(3)22-31(4)23-32(5)24-33(6)25-34(7)26-35(8)27-36(9)37/h29-37H,10-28H2,1-9H3. The van der Waals surface area contributed by atoms with Crippen molar-refractivity contribution in [3.8, 4) is 0 Å². The van der Waals surface area contributed by atoms with Crippen molar-refractivity contribution in [1.82, 2.24) is 0 Å². The third-order valence-electron chi connectivity index (χ3n) is 8.62. The molecule has 0 aromatic heterocycles. The molecule has 0 amide bonds. The van der Waals surface area contributed by atoms with Crippen LogP contribution >= 0.6 is 0 Å². The third kappa shape index (κ3) is 26.5. The zero-order valence-electron chi connectivity index (χ0n) is 28.3. The van der Waals surface area contributed by atoms with E-state index in [0.717, 1.165) is 61.6 Å². The minimum atomic E-state index is -0.167. The van der Waals surface area contributed by atoms with E-state index in [0.29, 0.717) is 12.7 Å². The number of hydrogen-bond acceptors (Lipinski definition) is 3. The Labute approximate surface area is 247 Å². The van der Waals surface area contributed by atoms with Crippen LogP contribution in [0.25, 0.3) is 0 Å². The van der Waals surface area contributed by atoms with E-state index in [1.165, 1.54) is 89.9 Å². The van der Waals surface area contributed by atoms with Crippen LogP contribution in [0.15, 0.2) is 0 Å². The predicted molar refractivity (Wildman–Crippen MR) is 172 cm³/mol. The number of aliphatic hydroxyl groups excluding tert-OH is 1. The first-order chi connectivity index (χ1) is 18.5. The minimum absolute atomic E-state index is 0.167. The van der Waals surface area contributed by atoms with Gasteiger partial charge in [0.1, 0.15) is 6.79 Å². The van der Waals surface area contributed by atoms with Crippen molar-refractivity contribution in [3.05, 3.63) is 0 Å². The van der Waals surface area contributed by atoms with Crippen LogP contribution in [0.5, 0.6) is 0 Å².